The van der Waals surface area contributed by atoms with Crippen LogP contribution >= 0.6 is 0 Å². The zero-order valence-corrected chi connectivity index (χ0v) is 33.4. The second-order valence-electron chi connectivity index (χ2n) is 14.9. The summed E-state index contributed by atoms with van der Waals surface area (Å²) in [6.45, 7) is 16.3. The number of unbranched alkanes of at least 4 members (excludes halogenated alkanes) is 5. The van der Waals surface area contributed by atoms with Crippen molar-refractivity contribution in [3.05, 3.63) is 0 Å². The van der Waals surface area contributed by atoms with Crippen molar-refractivity contribution in [1.29, 1.82) is 0 Å². The molecule has 0 heterocycles. The summed E-state index contributed by atoms with van der Waals surface area (Å²) in [4.78, 5) is 89.6. The maximum absolute atomic E-state index is 13.3. The maximum atomic E-state index is 13.3. The summed E-state index contributed by atoms with van der Waals surface area (Å²) in [7, 11) is 1.24. The van der Waals surface area contributed by atoms with E-state index in [1.165, 1.54) is 46.6 Å². The van der Waals surface area contributed by atoms with E-state index in [9.17, 15) is 33.6 Å². The van der Waals surface area contributed by atoms with Crippen LogP contribution in [-0.2, 0) is 38.3 Å². The Labute approximate surface area is 311 Å². The lowest BCUT2D eigenvalue weighted by molar-refractivity contribution is -0.146. The highest BCUT2D eigenvalue weighted by atomic mass is 16.5. The van der Waals surface area contributed by atoms with Gasteiger partial charge >= 0.3 is 5.97 Å². The number of carbonyl (C=O) groups excluding carboxylic acids is 7. The van der Waals surface area contributed by atoms with Gasteiger partial charge in [0.15, 0.2) is 0 Å². The molecule has 7 N–H and O–H groups in total. The molecule has 0 bridgehead atoms. The fourth-order valence-electron chi connectivity index (χ4n) is 5.27. The molecular formula is C37H69N7O8. The van der Waals surface area contributed by atoms with Gasteiger partial charge < -0.3 is 42.0 Å². The molecule has 0 saturated carbocycles. The van der Waals surface area contributed by atoms with Gasteiger partial charge in [0.2, 0.25) is 35.4 Å². The van der Waals surface area contributed by atoms with E-state index < -0.39 is 65.7 Å². The van der Waals surface area contributed by atoms with E-state index >= 15 is 0 Å². The third-order valence-electron chi connectivity index (χ3n) is 8.53. The van der Waals surface area contributed by atoms with Crippen molar-refractivity contribution in [1.82, 2.24) is 37.2 Å². The van der Waals surface area contributed by atoms with Gasteiger partial charge in [-0.1, -0.05) is 87.0 Å². The first-order valence-corrected chi connectivity index (χ1v) is 18.9. The van der Waals surface area contributed by atoms with Crippen molar-refractivity contribution >= 4 is 41.4 Å². The number of hydrogen-bond acceptors (Lipinski definition) is 9. The molecule has 4 atom stereocenters. The van der Waals surface area contributed by atoms with Crippen LogP contribution in [0.2, 0.25) is 0 Å². The third kappa shape index (κ3) is 20.9. The summed E-state index contributed by atoms with van der Waals surface area (Å²) in [6.07, 6.45) is 8.07. The number of methoxy groups -OCH3 is 1. The van der Waals surface area contributed by atoms with Crippen LogP contribution in [0.3, 0.4) is 0 Å². The molecule has 0 aliphatic heterocycles. The average molecular weight is 740 g/mol. The van der Waals surface area contributed by atoms with Crippen molar-refractivity contribution < 1.29 is 38.3 Å². The Balaban J connectivity index is 5.13. The van der Waals surface area contributed by atoms with Gasteiger partial charge in [-0.15, -0.1) is 0 Å². The van der Waals surface area contributed by atoms with Crippen LogP contribution < -0.4 is 37.2 Å². The smallest absolute Gasteiger partial charge is 0.328 e. The number of carbonyl (C=O) groups is 7. The fourth-order valence-corrected chi connectivity index (χ4v) is 5.27. The van der Waals surface area contributed by atoms with Crippen LogP contribution in [0.1, 0.15) is 120 Å². The number of ether oxygens (including phenoxy) is 1. The maximum Gasteiger partial charge on any atom is 0.328 e. The van der Waals surface area contributed by atoms with Gasteiger partial charge in [-0.2, -0.15) is 0 Å². The second kappa shape index (κ2) is 26.1. The van der Waals surface area contributed by atoms with Gasteiger partial charge in [-0.3, -0.25) is 28.8 Å². The molecule has 0 aromatic rings. The Morgan fingerprint density at radius 2 is 1.19 bits per heavy atom. The first-order valence-electron chi connectivity index (χ1n) is 18.9. The largest absolute Gasteiger partial charge is 0.467 e. The fraction of sp³-hybridized carbons (Fsp3) is 0.811. The molecule has 300 valence electrons. The van der Waals surface area contributed by atoms with Crippen LogP contribution in [0.5, 0.6) is 0 Å². The van der Waals surface area contributed by atoms with Crippen LogP contribution in [0.4, 0.5) is 0 Å². The summed E-state index contributed by atoms with van der Waals surface area (Å²) in [5.41, 5.74) is -1.48. The topological polar surface area (TPSA) is 213 Å². The molecule has 0 fully saturated rings. The monoisotopic (exact) mass is 740 g/mol. The summed E-state index contributed by atoms with van der Waals surface area (Å²) in [5.74, 6) is -4.11. The molecule has 0 aliphatic rings. The summed E-state index contributed by atoms with van der Waals surface area (Å²) in [5, 5.41) is 18.8. The standard InChI is InChI=1S/C37H69N7O8/c1-11-13-14-15-16-17-18-38-21-29(45)39-22-30(46)41-27(19-24(3)4)33(48)44-37(8,9)36(51)40-23-31(47)43-32(26(7)12-2)34(49)42-28(20-25(5)6)35(50)52-10/h24-28,32,38H,11-23H2,1-10H3,(H,39,45)(H,40,51)(H,41,46)(H,42,49)(H,43,47)(H,44,48)/t26-,27-,28-,32-/m0/s1. The van der Waals surface area contributed by atoms with E-state index in [1.807, 2.05) is 34.6 Å². The molecule has 0 saturated heterocycles. The van der Waals surface area contributed by atoms with Gasteiger partial charge in [0.1, 0.15) is 23.7 Å². The predicted molar refractivity (Wildman–Crippen MR) is 201 cm³/mol. The molecule has 52 heavy (non-hydrogen) atoms. The zero-order chi connectivity index (χ0) is 39.9. The molecule has 15 nitrogen and oxygen atoms in total. The first kappa shape index (κ1) is 48.2. The highest BCUT2D eigenvalue weighted by molar-refractivity contribution is 5.97. The van der Waals surface area contributed by atoms with Gasteiger partial charge in [-0.25, -0.2) is 4.79 Å². The number of rotatable bonds is 27. The molecular weight excluding hydrogens is 670 g/mol. The minimum atomic E-state index is -1.48. The highest BCUT2D eigenvalue weighted by Gasteiger charge is 2.34. The van der Waals surface area contributed by atoms with Crippen molar-refractivity contribution in [3.63, 3.8) is 0 Å². The summed E-state index contributed by atoms with van der Waals surface area (Å²) >= 11 is 0. The van der Waals surface area contributed by atoms with Crippen LogP contribution in [0.25, 0.3) is 0 Å². The quantitative estimate of drug-likeness (QED) is 0.0483. The van der Waals surface area contributed by atoms with Gasteiger partial charge in [0.25, 0.3) is 0 Å². The Kier molecular flexibility index (Phi) is 24.2. The van der Waals surface area contributed by atoms with Crippen LogP contribution in [0, 0.1) is 17.8 Å². The Morgan fingerprint density at radius 3 is 1.77 bits per heavy atom. The Hall–Kier alpha value is -3.75. The average Bonchev–Trinajstić information content (AvgIpc) is 3.07. The lowest BCUT2D eigenvalue weighted by Crippen LogP contribution is -2.61. The first-order chi connectivity index (χ1) is 24.4. The van der Waals surface area contributed by atoms with Gasteiger partial charge in [0.05, 0.1) is 26.7 Å². The number of hydrogen-bond donors (Lipinski definition) is 7. The molecule has 0 unspecified atom stereocenters. The van der Waals surface area contributed by atoms with Crippen LogP contribution in [-0.4, -0.2) is 98.4 Å². The highest BCUT2D eigenvalue weighted by Crippen LogP contribution is 2.12. The minimum Gasteiger partial charge on any atom is -0.467 e. The van der Waals surface area contributed by atoms with E-state index in [2.05, 4.69) is 44.1 Å². The van der Waals surface area contributed by atoms with Crippen LogP contribution in [0.15, 0.2) is 0 Å². The minimum absolute atomic E-state index is 0.0152. The number of nitrogens with one attached hydrogen (secondary N) is 7. The van der Waals surface area contributed by atoms with Crippen molar-refractivity contribution in [3.8, 4) is 0 Å². The van der Waals surface area contributed by atoms with E-state index in [-0.39, 0.29) is 43.2 Å². The molecule has 0 rings (SSSR count). The third-order valence-corrected chi connectivity index (χ3v) is 8.53. The molecule has 0 aromatic heterocycles. The molecule has 0 aliphatic carbocycles. The van der Waals surface area contributed by atoms with E-state index in [1.54, 1.807) is 6.92 Å². The van der Waals surface area contributed by atoms with E-state index in [0.717, 1.165) is 12.8 Å². The Bertz CT molecular complexity index is 1150. The van der Waals surface area contributed by atoms with Crippen molar-refractivity contribution in [2.45, 2.75) is 144 Å². The molecule has 0 spiro atoms. The van der Waals surface area contributed by atoms with Crippen molar-refractivity contribution in [2.75, 3.05) is 33.3 Å². The number of amides is 6. The second-order valence-corrected chi connectivity index (χ2v) is 14.9. The molecule has 15 heteroatoms. The van der Waals surface area contributed by atoms with Crippen molar-refractivity contribution in [2.24, 2.45) is 17.8 Å². The van der Waals surface area contributed by atoms with E-state index in [4.69, 9.17) is 4.74 Å². The lowest BCUT2D eigenvalue weighted by atomic mass is 9.97. The summed E-state index contributed by atoms with van der Waals surface area (Å²) < 4.78 is 4.83. The lowest BCUT2D eigenvalue weighted by Gasteiger charge is -2.29. The van der Waals surface area contributed by atoms with E-state index in [0.29, 0.717) is 19.4 Å². The summed E-state index contributed by atoms with van der Waals surface area (Å²) in [6, 6.07) is -2.84. The SMILES string of the molecule is CCCCCCCCNCC(=O)NCC(=O)N[C@@H](CC(C)C)C(=O)NC(C)(C)C(=O)NCC(=O)N[C@H](C(=O)N[C@@H](CC(C)C)C(=O)OC)[C@@H](C)CC. The van der Waals surface area contributed by atoms with Gasteiger partial charge in [-0.05, 0) is 57.4 Å². The predicted octanol–water partition coefficient (Wildman–Crippen LogP) is 1.83. The zero-order valence-electron chi connectivity index (χ0n) is 33.4. The number of esters is 1. The molecule has 0 aromatic carbocycles. The van der Waals surface area contributed by atoms with Gasteiger partial charge in [0, 0.05) is 0 Å². The Morgan fingerprint density at radius 1 is 0.635 bits per heavy atom. The molecule has 6 amide bonds. The normalized spacial score (nSPS) is 13.7. The molecule has 0 radical (unpaired) electrons.